The van der Waals surface area contributed by atoms with Crippen molar-refractivity contribution in [2.45, 2.75) is 13.0 Å². The molecule has 0 saturated heterocycles. The zero-order valence-electron chi connectivity index (χ0n) is 9.68. The van der Waals surface area contributed by atoms with Crippen LogP contribution in [0.25, 0.3) is 0 Å². The van der Waals surface area contributed by atoms with Crippen molar-refractivity contribution < 1.29 is 4.74 Å². The van der Waals surface area contributed by atoms with Gasteiger partial charge in [0.25, 0.3) is 0 Å². The Hall–Kier alpha value is -1.85. The molecule has 1 aromatic heterocycles. The lowest BCUT2D eigenvalue weighted by molar-refractivity contribution is 0.333. The molecule has 5 heteroatoms. The number of hydrogen-bond donors (Lipinski definition) is 3. The highest BCUT2D eigenvalue weighted by molar-refractivity contribution is 5.38. The minimum Gasteiger partial charge on any atom is -0.494 e. The number of hydrogen-bond acceptors (Lipinski definition) is 4. The molecule has 0 aliphatic carbocycles. The Morgan fingerprint density at radius 2 is 2.29 bits per heavy atom. The van der Waals surface area contributed by atoms with Crippen LogP contribution in [-0.4, -0.2) is 16.6 Å². The lowest BCUT2D eigenvalue weighted by Crippen LogP contribution is -2.30. The van der Waals surface area contributed by atoms with Crippen LogP contribution in [0.4, 0.5) is 0 Å². The maximum Gasteiger partial charge on any atom is 0.129 e. The third-order valence-corrected chi connectivity index (χ3v) is 2.49. The largest absolute Gasteiger partial charge is 0.494 e. The van der Waals surface area contributed by atoms with E-state index in [2.05, 4.69) is 15.4 Å². The summed E-state index contributed by atoms with van der Waals surface area (Å²) in [6.45, 7) is 2.57. The Kier molecular flexibility index (Phi) is 3.74. The predicted octanol–water partition coefficient (Wildman–Crippen LogP) is 1.36. The number of H-pyrrole nitrogens is 1. The van der Waals surface area contributed by atoms with Crippen molar-refractivity contribution in [3.05, 3.63) is 48.0 Å². The van der Waals surface area contributed by atoms with Gasteiger partial charge in [-0.2, -0.15) is 0 Å². The number of para-hydroxylation sites is 1. The number of hydrazine groups is 1. The molecule has 0 aliphatic heterocycles. The third-order valence-electron chi connectivity index (χ3n) is 2.49. The number of aromatic amines is 1. The number of imidazole rings is 1. The molecule has 1 aromatic carbocycles. The van der Waals surface area contributed by atoms with Crippen LogP contribution in [0.5, 0.6) is 5.75 Å². The first-order chi connectivity index (χ1) is 8.36. The van der Waals surface area contributed by atoms with E-state index in [1.165, 1.54) is 0 Å². The van der Waals surface area contributed by atoms with Gasteiger partial charge in [0, 0.05) is 18.0 Å². The fourth-order valence-electron chi connectivity index (χ4n) is 1.76. The number of nitrogens with zero attached hydrogens (tertiary/aromatic N) is 1. The molecule has 0 saturated carbocycles. The number of rotatable bonds is 5. The Balaban J connectivity index is 2.37. The van der Waals surface area contributed by atoms with Crippen molar-refractivity contribution in [2.24, 2.45) is 5.84 Å². The van der Waals surface area contributed by atoms with Gasteiger partial charge in [-0.05, 0) is 13.0 Å². The van der Waals surface area contributed by atoms with Crippen molar-refractivity contribution in [2.75, 3.05) is 6.61 Å². The van der Waals surface area contributed by atoms with Gasteiger partial charge >= 0.3 is 0 Å². The van der Waals surface area contributed by atoms with Gasteiger partial charge in [-0.1, -0.05) is 18.2 Å². The SMILES string of the molecule is CCOc1ccccc1C(NN)c1ncc[nH]1. The van der Waals surface area contributed by atoms with Crippen molar-refractivity contribution in [3.63, 3.8) is 0 Å². The van der Waals surface area contributed by atoms with Crippen LogP contribution in [0.15, 0.2) is 36.7 Å². The molecule has 1 heterocycles. The summed E-state index contributed by atoms with van der Waals surface area (Å²) in [6.07, 6.45) is 3.46. The summed E-state index contributed by atoms with van der Waals surface area (Å²) >= 11 is 0. The Labute approximate surface area is 100.0 Å². The monoisotopic (exact) mass is 232 g/mol. The number of benzene rings is 1. The van der Waals surface area contributed by atoms with Gasteiger partial charge in [-0.3, -0.25) is 5.84 Å². The van der Waals surface area contributed by atoms with Crippen LogP contribution in [0.3, 0.4) is 0 Å². The van der Waals surface area contributed by atoms with Crippen molar-refractivity contribution >= 4 is 0 Å². The Morgan fingerprint density at radius 1 is 1.47 bits per heavy atom. The zero-order chi connectivity index (χ0) is 12.1. The molecule has 2 aromatic rings. The second kappa shape index (κ2) is 5.47. The third kappa shape index (κ3) is 2.46. The van der Waals surface area contributed by atoms with E-state index in [1.54, 1.807) is 12.4 Å². The summed E-state index contributed by atoms with van der Waals surface area (Å²) in [5.41, 5.74) is 3.71. The van der Waals surface area contributed by atoms with E-state index in [0.29, 0.717) is 6.61 Å². The van der Waals surface area contributed by atoms with E-state index in [9.17, 15) is 0 Å². The molecule has 0 aliphatic rings. The highest BCUT2D eigenvalue weighted by atomic mass is 16.5. The van der Waals surface area contributed by atoms with Gasteiger partial charge in [-0.25, -0.2) is 10.4 Å². The minimum atomic E-state index is -0.201. The summed E-state index contributed by atoms with van der Waals surface area (Å²) in [7, 11) is 0. The standard InChI is InChI=1S/C12H16N4O/c1-2-17-10-6-4-3-5-9(10)11(16-13)12-14-7-8-15-12/h3-8,11,16H,2,13H2,1H3,(H,14,15). The molecular weight excluding hydrogens is 216 g/mol. The van der Waals surface area contributed by atoms with Gasteiger partial charge in [-0.15, -0.1) is 0 Å². The first kappa shape index (κ1) is 11.6. The number of nitrogens with one attached hydrogen (secondary N) is 2. The van der Waals surface area contributed by atoms with E-state index in [4.69, 9.17) is 10.6 Å². The average Bonchev–Trinajstić information content (AvgIpc) is 2.86. The summed E-state index contributed by atoms with van der Waals surface area (Å²) in [5.74, 6) is 7.17. The fraction of sp³-hybridized carbons (Fsp3) is 0.250. The second-order valence-electron chi connectivity index (χ2n) is 3.54. The van der Waals surface area contributed by atoms with Crippen molar-refractivity contribution in [1.29, 1.82) is 0 Å². The van der Waals surface area contributed by atoms with Crippen molar-refractivity contribution in [3.8, 4) is 5.75 Å². The molecule has 4 N–H and O–H groups in total. The summed E-state index contributed by atoms with van der Waals surface area (Å²) in [6, 6.07) is 7.58. The Bertz CT molecular complexity index is 455. The van der Waals surface area contributed by atoms with E-state index >= 15 is 0 Å². The molecule has 1 atom stereocenters. The predicted molar refractivity (Wildman–Crippen MR) is 65.4 cm³/mol. The quantitative estimate of drug-likeness (QED) is 0.537. The zero-order valence-corrected chi connectivity index (χ0v) is 9.68. The normalized spacial score (nSPS) is 12.4. The second-order valence-corrected chi connectivity index (χ2v) is 3.54. The molecule has 0 amide bonds. The molecule has 0 spiro atoms. The summed E-state index contributed by atoms with van der Waals surface area (Å²) in [4.78, 5) is 7.26. The highest BCUT2D eigenvalue weighted by Crippen LogP contribution is 2.27. The fourth-order valence-corrected chi connectivity index (χ4v) is 1.76. The Morgan fingerprint density at radius 3 is 2.94 bits per heavy atom. The van der Waals surface area contributed by atoms with Crippen LogP contribution in [-0.2, 0) is 0 Å². The molecule has 17 heavy (non-hydrogen) atoms. The molecule has 1 unspecified atom stereocenters. The molecule has 90 valence electrons. The molecule has 5 nitrogen and oxygen atoms in total. The van der Waals surface area contributed by atoms with Crippen LogP contribution in [0.1, 0.15) is 24.4 Å². The van der Waals surface area contributed by atoms with Gasteiger partial charge < -0.3 is 9.72 Å². The molecule has 0 fully saturated rings. The lowest BCUT2D eigenvalue weighted by Gasteiger charge is -2.17. The number of nitrogens with two attached hydrogens (primary N) is 1. The van der Waals surface area contributed by atoms with Crippen LogP contribution in [0.2, 0.25) is 0 Å². The molecule has 0 radical (unpaired) electrons. The average molecular weight is 232 g/mol. The van der Waals surface area contributed by atoms with Gasteiger partial charge in [0.2, 0.25) is 0 Å². The van der Waals surface area contributed by atoms with E-state index in [0.717, 1.165) is 17.1 Å². The van der Waals surface area contributed by atoms with Gasteiger partial charge in [0.1, 0.15) is 17.6 Å². The van der Waals surface area contributed by atoms with E-state index in [-0.39, 0.29) is 6.04 Å². The topological polar surface area (TPSA) is 76.0 Å². The first-order valence-electron chi connectivity index (χ1n) is 5.54. The van der Waals surface area contributed by atoms with Crippen LogP contribution >= 0.6 is 0 Å². The number of aromatic nitrogens is 2. The van der Waals surface area contributed by atoms with Gasteiger partial charge in [0.05, 0.1) is 6.61 Å². The van der Waals surface area contributed by atoms with Crippen molar-refractivity contribution in [1.82, 2.24) is 15.4 Å². The van der Waals surface area contributed by atoms with Crippen LogP contribution in [0, 0.1) is 0 Å². The van der Waals surface area contributed by atoms with Gasteiger partial charge in [0.15, 0.2) is 0 Å². The molecular formula is C12H16N4O. The summed E-state index contributed by atoms with van der Waals surface area (Å²) in [5, 5.41) is 0. The van der Waals surface area contributed by atoms with E-state index < -0.39 is 0 Å². The molecule has 2 rings (SSSR count). The van der Waals surface area contributed by atoms with E-state index in [1.807, 2.05) is 31.2 Å². The van der Waals surface area contributed by atoms with Crippen LogP contribution < -0.4 is 16.0 Å². The number of ether oxygens (including phenoxy) is 1. The minimum absolute atomic E-state index is 0.201. The summed E-state index contributed by atoms with van der Waals surface area (Å²) < 4.78 is 5.58. The molecule has 0 bridgehead atoms. The lowest BCUT2D eigenvalue weighted by atomic mass is 10.1. The highest BCUT2D eigenvalue weighted by Gasteiger charge is 2.18. The first-order valence-corrected chi connectivity index (χ1v) is 5.54. The maximum atomic E-state index is 5.60. The smallest absolute Gasteiger partial charge is 0.129 e. The maximum absolute atomic E-state index is 5.60.